The van der Waals surface area contributed by atoms with Gasteiger partial charge in [-0.25, -0.2) is 0 Å². The SMILES string of the molecule is O=C(CN1CCCCCC1)Nc1cccc2ncccc12. The molecule has 4 nitrogen and oxygen atoms in total. The minimum atomic E-state index is 0.0632. The molecule has 0 radical (unpaired) electrons. The lowest BCUT2D eigenvalue weighted by molar-refractivity contribution is -0.117. The number of benzene rings is 1. The quantitative estimate of drug-likeness (QED) is 0.941. The Bertz CT molecular complexity index is 613. The Morgan fingerprint density at radius 3 is 2.71 bits per heavy atom. The second kappa shape index (κ2) is 6.68. The van der Waals surface area contributed by atoms with E-state index in [1.165, 1.54) is 25.7 Å². The number of nitrogens with zero attached hydrogens (tertiary/aromatic N) is 2. The molecule has 4 heteroatoms. The van der Waals surface area contributed by atoms with Crippen LogP contribution < -0.4 is 5.32 Å². The number of carbonyl (C=O) groups excluding carboxylic acids is 1. The maximum Gasteiger partial charge on any atom is 0.238 e. The Balaban J connectivity index is 1.68. The summed E-state index contributed by atoms with van der Waals surface area (Å²) in [7, 11) is 0. The first kappa shape index (κ1) is 14.0. The molecule has 1 amide bonds. The Hall–Kier alpha value is -1.94. The maximum atomic E-state index is 12.3. The van der Waals surface area contributed by atoms with Crippen LogP contribution in [0.2, 0.25) is 0 Å². The summed E-state index contributed by atoms with van der Waals surface area (Å²) in [6.07, 6.45) is 6.74. The van der Waals surface area contributed by atoms with E-state index < -0.39 is 0 Å². The van der Waals surface area contributed by atoms with Gasteiger partial charge < -0.3 is 5.32 Å². The molecule has 0 bridgehead atoms. The first-order valence-electron chi connectivity index (χ1n) is 7.69. The number of hydrogen-bond donors (Lipinski definition) is 1. The van der Waals surface area contributed by atoms with Gasteiger partial charge >= 0.3 is 0 Å². The van der Waals surface area contributed by atoms with Crippen molar-refractivity contribution < 1.29 is 4.79 Å². The molecule has 1 aliphatic rings. The first-order chi connectivity index (χ1) is 10.3. The number of nitrogens with one attached hydrogen (secondary N) is 1. The van der Waals surface area contributed by atoms with Gasteiger partial charge in [-0.15, -0.1) is 0 Å². The molecule has 0 atom stereocenters. The predicted molar refractivity (Wildman–Crippen MR) is 85.3 cm³/mol. The van der Waals surface area contributed by atoms with Crippen molar-refractivity contribution in [2.75, 3.05) is 25.0 Å². The van der Waals surface area contributed by atoms with E-state index in [4.69, 9.17) is 0 Å². The van der Waals surface area contributed by atoms with Gasteiger partial charge in [0.2, 0.25) is 5.91 Å². The zero-order valence-electron chi connectivity index (χ0n) is 12.2. The van der Waals surface area contributed by atoms with Crippen LogP contribution in [0.1, 0.15) is 25.7 Å². The Labute approximate surface area is 125 Å². The van der Waals surface area contributed by atoms with Gasteiger partial charge in [0.05, 0.1) is 17.7 Å². The fourth-order valence-corrected chi connectivity index (χ4v) is 2.90. The van der Waals surface area contributed by atoms with Crippen molar-refractivity contribution in [1.29, 1.82) is 0 Å². The zero-order valence-corrected chi connectivity index (χ0v) is 12.2. The van der Waals surface area contributed by atoms with Crippen molar-refractivity contribution in [1.82, 2.24) is 9.88 Å². The maximum absolute atomic E-state index is 12.3. The van der Waals surface area contributed by atoms with Crippen LogP contribution in [-0.4, -0.2) is 35.4 Å². The molecule has 0 aliphatic carbocycles. The van der Waals surface area contributed by atoms with Gasteiger partial charge in [-0.2, -0.15) is 0 Å². The van der Waals surface area contributed by atoms with Crippen LogP contribution in [0.5, 0.6) is 0 Å². The number of carbonyl (C=O) groups is 1. The summed E-state index contributed by atoms with van der Waals surface area (Å²) >= 11 is 0. The monoisotopic (exact) mass is 283 g/mol. The number of pyridine rings is 1. The largest absolute Gasteiger partial charge is 0.324 e. The summed E-state index contributed by atoms with van der Waals surface area (Å²) in [6, 6.07) is 9.71. The highest BCUT2D eigenvalue weighted by molar-refractivity contribution is 6.01. The lowest BCUT2D eigenvalue weighted by Crippen LogP contribution is -2.33. The standard InChI is InChI=1S/C17H21N3O/c21-17(13-20-11-3-1-2-4-12-20)19-16-9-5-8-15-14(16)7-6-10-18-15/h5-10H,1-4,11-13H2,(H,19,21). The number of fused-ring (bicyclic) bond motifs is 1. The van der Waals surface area contributed by atoms with Crippen LogP contribution >= 0.6 is 0 Å². The van der Waals surface area contributed by atoms with E-state index in [0.717, 1.165) is 29.7 Å². The van der Waals surface area contributed by atoms with E-state index in [1.807, 2.05) is 30.3 Å². The molecule has 1 aromatic carbocycles. The highest BCUT2D eigenvalue weighted by Gasteiger charge is 2.13. The van der Waals surface area contributed by atoms with Crippen molar-refractivity contribution in [3.05, 3.63) is 36.5 Å². The number of amides is 1. The van der Waals surface area contributed by atoms with E-state index in [-0.39, 0.29) is 5.91 Å². The fourth-order valence-electron chi connectivity index (χ4n) is 2.90. The molecule has 2 aromatic rings. The van der Waals surface area contributed by atoms with E-state index in [0.29, 0.717) is 6.54 Å². The van der Waals surface area contributed by atoms with Crippen molar-refractivity contribution in [3.63, 3.8) is 0 Å². The predicted octanol–water partition coefficient (Wildman–Crippen LogP) is 3.05. The number of rotatable bonds is 3. The van der Waals surface area contributed by atoms with Gasteiger partial charge in [0.15, 0.2) is 0 Å². The van der Waals surface area contributed by atoms with Crippen molar-refractivity contribution in [2.45, 2.75) is 25.7 Å². The van der Waals surface area contributed by atoms with Crippen LogP contribution in [-0.2, 0) is 4.79 Å². The summed E-state index contributed by atoms with van der Waals surface area (Å²) in [5.41, 5.74) is 1.76. The molecule has 1 fully saturated rings. The smallest absolute Gasteiger partial charge is 0.238 e. The van der Waals surface area contributed by atoms with Gasteiger partial charge in [0, 0.05) is 11.6 Å². The molecular weight excluding hydrogens is 262 g/mol. The van der Waals surface area contributed by atoms with Gasteiger partial charge in [-0.05, 0) is 50.2 Å². The molecule has 3 rings (SSSR count). The summed E-state index contributed by atoms with van der Waals surface area (Å²) < 4.78 is 0. The van der Waals surface area contributed by atoms with E-state index in [2.05, 4.69) is 15.2 Å². The third-order valence-electron chi connectivity index (χ3n) is 3.99. The van der Waals surface area contributed by atoms with Gasteiger partial charge in [0.1, 0.15) is 0 Å². The Morgan fingerprint density at radius 2 is 1.90 bits per heavy atom. The second-order valence-corrected chi connectivity index (χ2v) is 5.61. The molecule has 0 spiro atoms. The third-order valence-corrected chi connectivity index (χ3v) is 3.99. The van der Waals surface area contributed by atoms with Crippen LogP contribution in [0.4, 0.5) is 5.69 Å². The normalized spacial score (nSPS) is 16.6. The van der Waals surface area contributed by atoms with Crippen molar-refractivity contribution >= 4 is 22.5 Å². The summed E-state index contributed by atoms with van der Waals surface area (Å²) in [4.78, 5) is 18.8. The zero-order chi connectivity index (χ0) is 14.5. The lowest BCUT2D eigenvalue weighted by atomic mass is 10.2. The van der Waals surface area contributed by atoms with E-state index in [1.54, 1.807) is 6.20 Å². The van der Waals surface area contributed by atoms with Crippen molar-refractivity contribution in [3.8, 4) is 0 Å². The Kier molecular flexibility index (Phi) is 4.46. The molecule has 21 heavy (non-hydrogen) atoms. The molecule has 1 aromatic heterocycles. The topological polar surface area (TPSA) is 45.2 Å². The van der Waals surface area contributed by atoms with E-state index in [9.17, 15) is 4.79 Å². The molecular formula is C17H21N3O. The molecule has 1 saturated heterocycles. The molecule has 1 N–H and O–H groups in total. The molecule has 2 heterocycles. The van der Waals surface area contributed by atoms with Crippen molar-refractivity contribution in [2.24, 2.45) is 0 Å². The summed E-state index contributed by atoms with van der Waals surface area (Å²) in [6.45, 7) is 2.55. The van der Waals surface area contributed by atoms with Gasteiger partial charge in [-0.1, -0.05) is 18.9 Å². The van der Waals surface area contributed by atoms with Crippen LogP contribution in [0.3, 0.4) is 0 Å². The summed E-state index contributed by atoms with van der Waals surface area (Å²) in [5.74, 6) is 0.0632. The Morgan fingerprint density at radius 1 is 1.10 bits per heavy atom. The molecule has 110 valence electrons. The average molecular weight is 283 g/mol. The fraction of sp³-hybridized carbons (Fsp3) is 0.412. The van der Waals surface area contributed by atoms with Gasteiger partial charge in [0.25, 0.3) is 0 Å². The third kappa shape index (κ3) is 3.58. The van der Waals surface area contributed by atoms with Crippen LogP contribution in [0, 0.1) is 0 Å². The minimum Gasteiger partial charge on any atom is -0.324 e. The number of aromatic nitrogens is 1. The number of likely N-dealkylation sites (tertiary alicyclic amines) is 1. The second-order valence-electron chi connectivity index (χ2n) is 5.61. The van der Waals surface area contributed by atoms with Gasteiger partial charge in [-0.3, -0.25) is 14.7 Å². The highest BCUT2D eigenvalue weighted by Crippen LogP contribution is 2.21. The highest BCUT2D eigenvalue weighted by atomic mass is 16.2. The van der Waals surface area contributed by atoms with Crippen LogP contribution in [0.15, 0.2) is 36.5 Å². The average Bonchev–Trinajstić information content (AvgIpc) is 2.76. The lowest BCUT2D eigenvalue weighted by Gasteiger charge is -2.19. The van der Waals surface area contributed by atoms with E-state index >= 15 is 0 Å². The number of hydrogen-bond acceptors (Lipinski definition) is 3. The number of anilines is 1. The molecule has 0 saturated carbocycles. The molecule has 1 aliphatic heterocycles. The molecule has 0 unspecified atom stereocenters. The first-order valence-corrected chi connectivity index (χ1v) is 7.69. The minimum absolute atomic E-state index is 0.0632. The van der Waals surface area contributed by atoms with Crippen LogP contribution in [0.25, 0.3) is 10.9 Å². The summed E-state index contributed by atoms with van der Waals surface area (Å²) in [5, 5.41) is 4.02.